The van der Waals surface area contributed by atoms with Crippen LogP contribution in [0, 0.1) is 0 Å². The first-order valence-corrected chi connectivity index (χ1v) is 7.58. The Hall–Kier alpha value is -3.13. The number of benzene rings is 3. The highest BCUT2D eigenvalue weighted by atomic mass is 16.4. The summed E-state index contributed by atoms with van der Waals surface area (Å²) in [6, 6.07) is 28.5. The van der Waals surface area contributed by atoms with Gasteiger partial charge in [0.2, 0.25) is 5.89 Å². The van der Waals surface area contributed by atoms with Crippen LogP contribution in [0.1, 0.15) is 0 Å². The van der Waals surface area contributed by atoms with E-state index in [0.29, 0.717) is 5.89 Å². The van der Waals surface area contributed by atoms with Gasteiger partial charge in [-0.25, -0.2) is 4.98 Å². The van der Waals surface area contributed by atoms with Crippen molar-refractivity contribution in [1.82, 2.24) is 4.98 Å². The summed E-state index contributed by atoms with van der Waals surface area (Å²) in [5, 5.41) is 0. The minimum atomic E-state index is 0.642. The Bertz CT molecular complexity index is 911. The van der Waals surface area contributed by atoms with Crippen LogP contribution in [-0.2, 0) is 0 Å². The van der Waals surface area contributed by atoms with Crippen LogP contribution in [0.2, 0.25) is 0 Å². The molecule has 0 saturated heterocycles. The largest absolute Gasteiger partial charge is 0.436 e. The zero-order valence-electron chi connectivity index (χ0n) is 12.5. The molecule has 0 amide bonds. The van der Waals surface area contributed by atoms with Gasteiger partial charge in [0.25, 0.3) is 0 Å². The average molecular weight is 297 g/mol. The smallest absolute Gasteiger partial charge is 0.227 e. The molecule has 2 heteroatoms. The summed E-state index contributed by atoms with van der Waals surface area (Å²) in [4.78, 5) is 4.48. The molecule has 0 aliphatic carbocycles. The van der Waals surface area contributed by atoms with Crippen LogP contribution in [-0.4, -0.2) is 4.98 Å². The Morgan fingerprint density at radius 2 is 1.13 bits per heavy atom. The quantitative estimate of drug-likeness (QED) is 0.486. The second kappa shape index (κ2) is 5.93. The van der Waals surface area contributed by atoms with E-state index in [1.807, 2.05) is 66.7 Å². The lowest BCUT2D eigenvalue weighted by Gasteiger charge is -2.06. The third-order valence-corrected chi connectivity index (χ3v) is 3.81. The van der Waals surface area contributed by atoms with Crippen molar-refractivity contribution in [2.24, 2.45) is 0 Å². The molecule has 0 saturated carbocycles. The van der Waals surface area contributed by atoms with Crippen molar-refractivity contribution in [3.8, 4) is 33.9 Å². The van der Waals surface area contributed by atoms with E-state index >= 15 is 0 Å². The van der Waals surface area contributed by atoms with Crippen LogP contribution in [0.4, 0.5) is 0 Å². The molecule has 110 valence electrons. The molecule has 1 heterocycles. The van der Waals surface area contributed by atoms with Gasteiger partial charge in [0.1, 0.15) is 0 Å². The van der Waals surface area contributed by atoms with E-state index in [1.54, 1.807) is 6.20 Å². The molecule has 0 fully saturated rings. The number of aromatic nitrogens is 1. The van der Waals surface area contributed by atoms with Gasteiger partial charge in [-0.3, -0.25) is 0 Å². The molecule has 23 heavy (non-hydrogen) atoms. The lowest BCUT2D eigenvalue weighted by atomic mass is 10.00. The van der Waals surface area contributed by atoms with Gasteiger partial charge in [-0.05, 0) is 17.2 Å². The molecule has 0 N–H and O–H groups in total. The fourth-order valence-electron chi connectivity index (χ4n) is 2.67. The third-order valence-electron chi connectivity index (χ3n) is 3.81. The normalized spacial score (nSPS) is 10.6. The number of hydrogen-bond donors (Lipinski definition) is 0. The fourth-order valence-corrected chi connectivity index (χ4v) is 2.67. The van der Waals surface area contributed by atoms with Gasteiger partial charge in [-0.1, -0.05) is 78.9 Å². The van der Waals surface area contributed by atoms with Crippen molar-refractivity contribution < 1.29 is 4.42 Å². The Labute approximate surface area is 135 Å². The highest BCUT2D eigenvalue weighted by Gasteiger charge is 2.12. The predicted octanol–water partition coefficient (Wildman–Crippen LogP) is 5.68. The highest BCUT2D eigenvalue weighted by molar-refractivity contribution is 5.80. The van der Waals surface area contributed by atoms with E-state index in [1.165, 1.54) is 0 Å². The Morgan fingerprint density at radius 3 is 1.83 bits per heavy atom. The molecule has 1 aromatic heterocycles. The van der Waals surface area contributed by atoms with E-state index in [9.17, 15) is 0 Å². The molecule has 2 nitrogen and oxygen atoms in total. The number of nitrogens with zero attached hydrogens (tertiary/aromatic N) is 1. The molecular weight excluding hydrogens is 282 g/mol. The summed E-state index contributed by atoms with van der Waals surface area (Å²) >= 11 is 0. The van der Waals surface area contributed by atoms with E-state index in [0.717, 1.165) is 28.0 Å². The molecule has 0 aliphatic heterocycles. The minimum Gasteiger partial charge on any atom is -0.436 e. The molecule has 3 aromatic carbocycles. The maximum atomic E-state index is 6.01. The summed E-state index contributed by atoms with van der Waals surface area (Å²) in [5.41, 5.74) is 4.31. The zero-order chi connectivity index (χ0) is 15.5. The van der Waals surface area contributed by atoms with Gasteiger partial charge in [-0.15, -0.1) is 0 Å². The van der Waals surface area contributed by atoms with Gasteiger partial charge in [0.05, 0.1) is 6.20 Å². The van der Waals surface area contributed by atoms with E-state index < -0.39 is 0 Å². The van der Waals surface area contributed by atoms with Gasteiger partial charge >= 0.3 is 0 Å². The third kappa shape index (κ3) is 2.67. The molecule has 0 radical (unpaired) electrons. The minimum absolute atomic E-state index is 0.642. The summed E-state index contributed by atoms with van der Waals surface area (Å²) < 4.78 is 6.01. The van der Waals surface area contributed by atoms with Crippen molar-refractivity contribution >= 4 is 0 Å². The maximum Gasteiger partial charge on any atom is 0.227 e. The highest BCUT2D eigenvalue weighted by Crippen LogP contribution is 2.33. The zero-order valence-corrected chi connectivity index (χ0v) is 12.5. The SMILES string of the molecule is c1ccc(-c2cnc(-c3ccccc3-c3ccccc3)o2)cc1. The van der Waals surface area contributed by atoms with Crippen molar-refractivity contribution in [1.29, 1.82) is 0 Å². The summed E-state index contributed by atoms with van der Waals surface area (Å²) in [6.45, 7) is 0. The van der Waals surface area contributed by atoms with Gasteiger partial charge in [0, 0.05) is 11.1 Å². The lowest BCUT2D eigenvalue weighted by Crippen LogP contribution is -1.84. The van der Waals surface area contributed by atoms with Crippen LogP contribution in [0.15, 0.2) is 95.5 Å². The van der Waals surface area contributed by atoms with Crippen LogP contribution in [0.5, 0.6) is 0 Å². The summed E-state index contributed by atoms with van der Waals surface area (Å²) in [5.74, 6) is 1.42. The fraction of sp³-hybridized carbons (Fsp3) is 0. The Kier molecular flexibility index (Phi) is 3.49. The van der Waals surface area contributed by atoms with E-state index in [-0.39, 0.29) is 0 Å². The van der Waals surface area contributed by atoms with Crippen LogP contribution >= 0.6 is 0 Å². The molecule has 0 atom stereocenters. The number of hydrogen-bond acceptors (Lipinski definition) is 2. The molecule has 0 bridgehead atoms. The predicted molar refractivity (Wildman–Crippen MR) is 92.8 cm³/mol. The van der Waals surface area contributed by atoms with Gasteiger partial charge in [-0.2, -0.15) is 0 Å². The number of oxazole rings is 1. The number of rotatable bonds is 3. The topological polar surface area (TPSA) is 26.0 Å². The molecule has 4 rings (SSSR count). The standard InChI is InChI=1S/C21H15NO/c1-3-9-16(10-4-1)18-13-7-8-14-19(18)21-22-15-20(23-21)17-11-5-2-6-12-17/h1-15H. The van der Waals surface area contributed by atoms with Gasteiger partial charge in [0.15, 0.2) is 5.76 Å². The van der Waals surface area contributed by atoms with Crippen molar-refractivity contribution in [3.63, 3.8) is 0 Å². The first-order chi connectivity index (χ1) is 11.4. The molecular formula is C21H15NO. The molecule has 4 aromatic rings. The van der Waals surface area contributed by atoms with Crippen LogP contribution in [0.25, 0.3) is 33.9 Å². The summed E-state index contributed by atoms with van der Waals surface area (Å²) in [6.07, 6.45) is 1.78. The van der Waals surface area contributed by atoms with Crippen molar-refractivity contribution in [2.45, 2.75) is 0 Å². The molecule has 0 aliphatic rings. The lowest BCUT2D eigenvalue weighted by molar-refractivity contribution is 0.589. The Balaban J connectivity index is 1.79. The second-order valence-electron chi connectivity index (χ2n) is 5.31. The molecule has 0 unspecified atom stereocenters. The van der Waals surface area contributed by atoms with Gasteiger partial charge < -0.3 is 4.42 Å². The first-order valence-electron chi connectivity index (χ1n) is 7.58. The summed E-state index contributed by atoms with van der Waals surface area (Å²) in [7, 11) is 0. The van der Waals surface area contributed by atoms with Crippen LogP contribution in [0.3, 0.4) is 0 Å². The van der Waals surface area contributed by atoms with Crippen LogP contribution < -0.4 is 0 Å². The second-order valence-corrected chi connectivity index (χ2v) is 5.31. The molecule has 0 spiro atoms. The van der Waals surface area contributed by atoms with Crippen molar-refractivity contribution in [2.75, 3.05) is 0 Å². The first kappa shape index (κ1) is 13.5. The van der Waals surface area contributed by atoms with E-state index in [2.05, 4.69) is 23.2 Å². The maximum absolute atomic E-state index is 6.01. The van der Waals surface area contributed by atoms with Crippen molar-refractivity contribution in [3.05, 3.63) is 91.1 Å². The monoisotopic (exact) mass is 297 g/mol. The Morgan fingerprint density at radius 1 is 0.565 bits per heavy atom. The van der Waals surface area contributed by atoms with E-state index in [4.69, 9.17) is 4.42 Å². The average Bonchev–Trinajstić information content (AvgIpc) is 3.13.